The van der Waals surface area contributed by atoms with Crippen LogP contribution in [0.1, 0.15) is 71.1 Å². The van der Waals surface area contributed by atoms with E-state index < -0.39 is 9.84 Å². The summed E-state index contributed by atoms with van der Waals surface area (Å²) >= 11 is 0. The van der Waals surface area contributed by atoms with E-state index in [1.165, 1.54) is 51.3 Å². The number of aromatic nitrogens is 3. The predicted octanol–water partition coefficient (Wildman–Crippen LogP) is 3.50. The van der Waals surface area contributed by atoms with Crippen LogP contribution in [0.4, 0.5) is 0 Å². The SMILES string of the molecule is CCCCCCCCCCCCS(=O)(=O)c1ncn[nH]1. The summed E-state index contributed by atoms with van der Waals surface area (Å²) in [5.41, 5.74) is 0. The van der Waals surface area contributed by atoms with Crippen LogP contribution in [0, 0.1) is 0 Å². The topological polar surface area (TPSA) is 75.7 Å². The summed E-state index contributed by atoms with van der Waals surface area (Å²) in [6, 6.07) is 0. The molecule has 1 aromatic heterocycles. The molecule has 116 valence electrons. The molecule has 0 amide bonds. The average molecular weight is 301 g/mol. The van der Waals surface area contributed by atoms with Gasteiger partial charge in [0.05, 0.1) is 5.75 Å². The van der Waals surface area contributed by atoms with Gasteiger partial charge in [0.25, 0.3) is 0 Å². The first-order chi connectivity index (χ1) is 9.67. The second kappa shape index (κ2) is 9.91. The molecular weight excluding hydrogens is 274 g/mol. The molecule has 0 saturated heterocycles. The number of H-pyrrole nitrogens is 1. The standard InChI is InChI=1S/C14H27N3O2S/c1-2-3-4-5-6-7-8-9-10-11-12-20(18,19)14-15-13-16-17-14/h13H,2-12H2,1H3,(H,15,16,17). The van der Waals surface area contributed by atoms with Gasteiger partial charge >= 0.3 is 0 Å². The third kappa shape index (κ3) is 7.03. The zero-order valence-electron chi connectivity index (χ0n) is 12.5. The van der Waals surface area contributed by atoms with E-state index in [9.17, 15) is 8.42 Å². The Morgan fingerprint density at radius 3 is 2.00 bits per heavy atom. The highest BCUT2D eigenvalue weighted by atomic mass is 32.2. The highest BCUT2D eigenvalue weighted by Gasteiger charge is 2.16. The lowest BCUT2D eigenvalue weighted by Crippen LogP contribution is -2.08. The van der Waals surface area contributed by atoms with E-state index in [4.69, 9.17) is 0 Å². The smallest absolute Gasteiger partial charge is 0.242 e. The molecule has 0 spiro atoms. The zero-order valence-corrected chi connectivity index (χ0v) is 13.3. The Balaban J connectivity index is 1.97. The van der Waals surface area contributed by atoms with Crippen LogP contribution >= 0.6 is 0 Å². The molecule has 1 heterocycles. The number of hydrogen-bond acceptors (Lipinski definition) is 4. The summed E-state index contributed by atoms with van der Waals surface area (Å²) in [6.07, 6.45) is 13.2. The van der Waals surface area contributed by atoms with Gasteiger partial charge in [-0.05, 0) is 6.42 Å². The van der Waals surface area contributed by atoms with Crippen molar-refractivity contribution in [1.29, 1.82) is 0 Å². The van der Waals surface area contributed by atoms with Gasteiger partial charge < -0.3 is 0 Å². The number of sulfone groups is 1. The maximum absolute atomic E-state index is 11.8. The van der Waals surface area contributed by atoms with E-state index in [1.807, 2.05) is 0 Å². The van der Waals surface area contributed by atoms with Crippen molar-refractivity contribution in [2.45, 2.75) is 76.3 Å². The maximum Gasteiger partial charge on any atom is 0.242 e. The molecule has 1 aromatic rings. The normalized spacial score (nSPS) is 11.8. The van der Waals surface area contributed by atoms with Gasteiger partial charge in [-0.1, -0.05) is 64.7 Å². The fraction of sp³-hybridized carbons (Fsp3) is 0.857. The van der Waals surface area contributed by atoms with Crippen molar-refractivity contribution < 1.29 is 8.42 Å². The quantitative estimate of drug-likeness (QED) is 0.599. The molecule has 0 fully saturated rings. The summed E-state index contributed by atoms with van der Waals surface area (Å²) in [5.74, 6) is 0.165. The molecule has 0 unspecified atom stereocenters. The van der Waals surface area contributed by atoms with Crippen molar-refractivity contribution in [1.82, 2.24) is 15.2 Å². The number of nitrogens with one attached hydrogen (secondary N) is 1. The highest BCUT2D eigenvalue weighted by Crippen LogP contribution is 2.12. The Morgan fingerprint density at radius 1 is 0.950 bits per heavy atom. The minimum absolute atomic E-state index is 0.00609. The number of nitrogens with zero attached hydrogens (tertiary/aromatic N) is 2. The van der Waals surface area contributed by atoms with Gasteiger partial charge in [-0.15, -0.1) is 0 Å². The van der Waals surface area contributed by atoms with Gasteiger partial charge in [-0.3, -0.25) is 5.10 Å². The number of aromatic amines is 1. The Morgan fingerprint density at radius 2 is 1.50 bits per heavy atom. The first-order valence-electron chi connectivity index (χ1n) is 7.75. The van der Waals surface area contributed by atoms with Crippen molar-refractivity contribution in [3.63, 3.8) is 0 Å². The van der Waals surface area contributed by atoms with Gasteiger partial charge in [0, 0.05) is 0 Å². The van der Waals surface area contributed by atoms with Crippen molar-refractivity contribution in [2.24, 2.45) is 0 Å². The summed E-state index contributed by atoms with van der Waals surface area (Å²) < 4.78 is 23.6. The predicted molar refractivity (Wildman–Crippen MR) is 80.3 cm³/mol. The van der Waals surface area contributed by atoms with Crippen LogP contribution < -0.4 is 0 Å². The molecule has 1 N–H and O–H groups in total. The van der Waals surface area contributed by atoms with Crippen molar-refractivity contribution in [3.8, 4) is 0 Å². The lowest BCUT2D eigenvalue weighted by atomic mass is 10.1. The third-order valence-electron chi connectivity index (χ3n) is 3.45. The van der Waals surface area contributed by atoms with Crippen molar-refractivity contribution in [2.75, 3.05) is 5.75 Å². The van der Waals surface area contributed by atoms with E-state index >= 15 is 0 Å². The first kappa shape index (κ1) is 17.1. The molecule has 0 aromatic carbocycles. The van der Waals surface area contributed by atoms with Gasteiger partial charge in [-0.25, -0.2) is 13.4 Å². The number of rotatable bonds is 12. The van der Waals surface area contributed by atoms with Crippen LogP contribution in [0.5, 0.6) is 0 Å². The molecule has 0 saturated carbocycles. The van der Waals surface area contributed by atoms with Crippen LogP contribution in [-0.2, 0) is 9.84 Å². The molecule has 0 radical (unpaired) electrons. The third-order valence-corrected chi connectivity index (χ3v) is 5.07. The Labute approximate surface area is 122 Å². The average Bonchev–Trinajstić information content (AvgIpc) is 2.96. The molecular formula is C14H27N3O2S. The first-order valence-corrected chi connectivity index (χ1v) is 9.40. The van der Waals surface area contributed by atoms with Crippen molar-refractivity contribution in [3.05, 3.63) is 6.33 Å². The lowest BCUT2D eigenvalue weighted by molar-refractivity contribution is 0.556. The van der Waals surface area contributed by atoms with E-state index in [-0.39, 0.29) is 10.9 Å². The molecule has 0 aliphatic carbocycles. The maximum atomic E-state index is 11.8. The fourth-order valence-corrected chi connectivity index (χ4v) is 3.40. The Kier molecular flexibility index (Phi) is 8.49. The largest absolute Gasteiger partial charge is 0.250 e. The van der Waals surface area contributed by atoms with E-state index in [0.29, 0.717) is 6.42 Å². The molecule has 1 rings (SSSR count). The Bertz CT molecular complexity index is 429. The second-order valence-corrected chi connectivity index (χ2v) is 7.32. The molecule has 0 aliphatic heterocycles. The van der Waals surface area contributed by atoms with E-state index in [2.05, 4.69) is 22.1 Å². The number of unbranched alkanes of at least 4 members (excludes halogenated alkanes) is 9. The Hall–Kier alpha value is -0.910. The fourth-order valence-electron chi connectivity index (χ4n) is 2.22. The summed E-state index contributed by atoms with van der Waals surface area (Å²) in [4.78, 5) is 3.70. The summed E-state index contributed by atoms with van der Waals surface area (Å²) in [6.45, 7) is 2.23. The minimum atomic E-state index is -3.25. The van der Waals surface area contributed by atoms with E-state index in [1.54, 1.807) is 0 Å². The van der Waals surface area contributed by atoms with Gasteiger partial charge in [-0.2, -0.15) is 5.10 Å². The second-order valence-electron chi connectivity index (χ2n) is 5.29. The van der Waals surface area contributed by atoms with E-state index in [0.717, 1.165) is 12.8 Å². The van der Waals surface area contributed by atoms with Crippen LogP contribution in [0.2, 0.25) is 0 Å². The molecule has 0 bridgehead atoms. The molecule has 0 aliphatic rings. The van der Waals surface area contributed by atoms with Crippen LogP contribution in [-0.4, -0.2) is 29.4 Å². The van der Waals surface area contributed by atoms with Crippen molar-refractivity contribution >= 4 is 9.84 Å². The summed E-state index contributed by atoms with van der Waals surface area (Å²) in [5, 5.41) is 5.98. The molecule has 0 atom stereocenters. The minimum Gasteiger partial charge on any atom is -0.250 e. The van der Waals surface area contributed by atoms with Crippen LogP contribution in [0.15, 0.2) is 11.5 Å². The highest BCUT2D eigenvalue weighted by molar-refractivity contribution is 7.91. The molecule has 20 heavy (non-hydrogen) atoms. The molecule has 5 nitrogen and oxygen atoms in total. The lowest BCUT2D eigenvalue weighted by Gasteiger charge is -2.02. The van der Waals surface area contributed by atoms with Gasteiger partial charge in [0.1, 0.15) is 6.33 Å². The molecule has 6 heteroatoms. The van der Waals surface area contributed by atoms with Crippen LogP contribution in [0.25, 0.3) is 0 Å². The number of hydrogen-bond donors (Lipinski definition) is 1. The summed E-state index contributed by atoms with van der Waals surface area (Å²) in [7, 11) is -3.25. The van der Waals surface area contributed by atoms with Crippen LogP contribution in [0.3, 0.4) is 0 Å². The van der Waals surface area contributed by atoms with Gasteiger partial charge in [0.15, 0.2) is 0 Å². The van der Waals surface area contributed by atoms with Gasteiger partial charge in [0.2, 0.25) is 15.0 Å². The monoisotopic (exact) mass is 301 g/mol. The zero-order chi connectivity index (χ0) is 14.7.